The highest BCUT2D eigenvalue weighted by Crippen LogP contribution is 2.31. The molecule has 0 saturated carbocycles. The number of carbonyl (C=O) groups is 1. The zero-order chi connectivity index (χ0) is 22.8. The van der Waals surface area contributed by atoms with Gasteiger partial charge in [-0.15, -0.1) is 5.01 Å². The number of nitrogens with zero attached hydrogens (tertiary/aromatic N) is 4. The predicted octanol–water partition coefficient (Wildman–Crippen LogP) is 1.49. The van der Waals surface area contributed by atoms with Crippen molar-refractivity contribution in [1.29, 1.82) is 0 Å². The van der Waals surface area contributed by atoms with Crippen molar-refractivity contribution in [3.63, 3.8) is 0 Å². The van der Waals surface area contributed by atoms with Gasteiger partial charge in [0.2, 0.25) is 5.91 Å². The Balaban J connectivity index is 1.34. The number of benzene rings is 1. The number of aromatic nitrogens is 1. The molecule has 1 aromatic heterocycles. The van der Waals surface area contributed by atoms with Crippen LogP contribution in [0.1, 0.15) is 17.5 Å². The number of hydrazine groups is 1. The van der Waals surface area contributed by atoms with E-state index in [4.69, 9.17) is 0 Å². The number of amides is 1. The highest BCUT2D eigenvalue weighted by atomic mass is 16.3. The van der Waals surface area contributed by atoms with Crippen LogP contribution in [0.15, 0.2) is 67.5 Å². The summed E-state index contributed by atoms with van der Waals surface area (Å²) in [6.07, 6.45) is 6.59. The molecule has 0 radical (unpaired) electrons. The van der Waals surface area contributed by atoms with E-state index in [2.05, 4.69) is 34.3 Å². The van der Waals surface area contributed by atoms with E-state index < -0.39 is 0 Å². The van der Waals surface area contributed by atoms with Crippen LogP contribution in [0.4, 0.5) is 0 Å². The largest absolute Gasteiger partial charge is 0.337 e. The van der Waals surface area contributed by atoms with Crippen LogP contribution < -0.4 is 10.6 Å². The van der Waals surface area contributed by atoms with Crippen LogP contribution in [0.25, 0.3) is 0 Å². The van der Waals surface area contributed by atoms with Crippen LogP contribution in [0, 0.1) is 10.8 Å². The summed E-state index contributed by atoms with van der Waals surface area (Å²) in [6, 6.07) is 14.2. The Morgan fingerprint density at radius 2 is 1.97 bits per heavy atom. The molecule has 4 heterocycles. The molecule has 2 aromatic rings. The van der Waals surface area contributed by atoms with Gasteiger partial charge in [-0.05, 0) is 23.3 Å². The topological polar surface area (TPSA) is 80.6 Å². The minimum absolute atomic E-state index is 0.0102. The first-order valence-corrected chi connectivity index (χ1v) is 11.7. The molecule has 1 aromatic carbocycles. The van der Waals surface area contributed by atoms with E-state index in [9.17, 15) is 9.70 Å². The third kappa shape index (κ3) is 4.54. The third-order valence-corrected chi connectivity index (χ3v) is 7.15. The highest BCUT2D eigenvalue weighted by molar-refractivity contribution is 5.87. The van der Waals surface area contributed by atoms with Gasteiger partial charge in [-0.3, -0.25) is 20.4 Å². The summed E-state index contributed by atoms with van der Waals surface area (Å²) in [7, 11) is 0. The molecular weight excluding hydrogens is 416 g/mol. The molecule has 2 N–H and O–H groups in total. The molecule has 8 nitrogen and oxygen atoms in total. The minimum atomic E-state index is -0.173. The van der Waals surface area contributed by atoms with E-state index in [0.717, 1.165) is 18.4 Å². The smallest absolute Gasteiger partial charge is 0.252 e. The standard InChI is InChI=1S/C25H31N6O2/c1-2-24(32)29-16-20-21(17-29)27-23(13-18-7-4-3-5-8-18)28-25(20)22-10-12-30(31(22)33)15-19-9-6-11-26-14-19/h2-9,11,14,20-23,25,27-28H,1,10,12-13,15-17H2/q+1. The second kappa shape index (κ2) is 9.41. The van der Waals surface area contributed by atoms with Crippen LogP contribution in [-0.4, -0.2) is 69.6 Å². The average Bonchev–Trinajstić information content (AvgIpc) is 3.43. The molecule has 33 heavy (non-hydrogen) atoms. The Hall–Kier alpha value is -3.10. The second-order valence-corrected chi connectivity index (χ2v) is 9.23. The van der Waals surface area contributed by atoms with Gasteiger partial charge >= 0.3 is 0 Å². The Kier molecular flexibility index (Phi) is 6.20. The molecule has 5 rings (SSSR count). The van der Waals surface area contributed by atoms with Crippen molar-refractivity contribution in [2.45, 2.75) is 43.7 Å². The summed E-state index contributed by atoms with van der Waals surface area (Å²) in [6.45, 7) is 6.20. The number of nitrogens with one attached hydrogen (secondary N) is 2. The molecule has 3 saturated heterocycles. The fourth-order valence-electron chi connectivity index (χ4n) is 5.57. The number of nitroso groups, excluding NO2 is 1. The maximum Gasteiger partial charge on any atom is 0.252 e. The Bertz CT molecular complexity index is 1000. The van der Waals surface area contributed by atoms with Crippen LogP contribution in [-0.2, 0) is 17.8 Å². The molecule has 8 heteroatoms. The van der Waals surface area contributed by atoms with Crippen LogP contribution in [0.2, 0.25) is 0 Å². The van der Waals surface area contributed by atoms with E-state index in [0.29, 0.717) is 26.2 Å². The van der Waals surface area contributed by atoms with Gasteiger partial charge in [0.1, 0.15) is 11.4 Å². The molecule has 0 aliphatic carbocycles. The first kappa shape index (κ1) is 21.7. The van der Waals surface area contributed by atoms with Crippen LogP contribution in [0.5, 0.6) is 0 Å². The van der Waals surface area contributed by atoms with Gasteiger partial charge in [0.25, 0.3) is 6.04 Å². The van der Waals surface area contributed by atoms with Gasteiger partial charge in [0.05, 0.1) is 23.7 Å². The fourth-order valence-corrected chi connectivity index (χ4v) is 5.57. The Labute approximate surface area is 194 Å². The van der Waals surface area contributed by atoms with Crippen molar-refractivity contribution < 1.29 is 9.66 Å². The van der Waals surface area contributed by atoms with E-state index in [1.165, 1.54) is 16.5 Å². The predicted molar refractivity (Wildman–Crippen MR) is 125 cm³/mol. The monoisotopic (exact) mass is 447 g/mol. The molecule has 3 fully saturated rings. The van der Waals surface area contributed by atoms with Crippen molar-refractivity contribution in [3.8, 4) is 0 Å². The number of hydrogen-bond acceptors (Lipinski definition) is 5. The zero-order valence-electron chi connectivity index (χ0n) is 18.7. The van der Waals surface area contributed by atoms with Crippen molar-refractivity contribution in [1.82, 2.24) is 25.5 Å². The maximum absolute atomic E-state index is 13.4. The molecular formula is C25H31N6O2+. The number of likely N-dealkylation sites (tertiary alicyclic amines) is 1. The highest BCUT2D eigenvalue weighted by Gasteiger charge is 2.54. The molecule has 3 aliphatic rings. The van der Waals surface area contributed by atoms with Gasteiger partial charge < -0.3 is 4.90 Å². The number of carbonyl (C=O) groups excluding carboxylic acids is 1. The summed E-state index contributed by atoms with van der Waals surface area (Å²) >= 11 is 0. The van der Waals surface area contributed by atoms with Crippen molar-refractivity contribution in [3.05, 3.63) is 83.5 Å². The summed E-state index contributed by atoms with van der Waals surface area (Å²) in [5, 5.41) is 9.33. The lowest BCUT2D eigenvalue weighted by atomic mass is 9.85. The molecule has 5 atom stereocenters. The SMILES string of the molecule is C=CC(=O)N1CC2NC(Cc3ccccc3)NC(C3CCN(Cc4cccnc4)[N+]3=O)C2C1. The van der Waals surface area contributed by atoms with Gasteiger partial charge in [-0.1, -0.05) is 43.0 Å². The lowest BCUT2D eigenvalue weighted by molar-refractivity contribution is -0.717. The fraction of sp³-hybridized carbons (Fsp3) is 0.440. The third-order valence-electron chi connectivity index (χ3n) is 7.15. The van der Waals surface area contributed by atoms with Crippen molar-refractivity contribution >= 4 is 5.91 Å². The second-order valence-electron chi connectivity index (χ2n) is 9.23. The number of fused-ring (bicyclic) bond motifs is 1. The van der Waals surface area contributed by atoms with Crippen molar-refractivity contribution in [2.75, 3.05) is 19.6 Å². The minimum Gasteiger partial charge on any atom is -0.337 e. The maximum atomic E-state index is 13.4. The molecule has 172 valence electrons. The quantitative estimate of drug-likeness (QED) is 0.516. The molecule has 1 amide bonds. The summed E-state index contributed by atoms with van der Waals surface area (Å²) in [4.78, 5) is 32.9. The lowest BCUT2D eigenvalue weighted by Gasteiger charge is -2.40. The van der Waals surface area contributed by atoms with E-state index in [1.54, 1.807) is 6.20 Å². The van der Waals surface area contributed by atoms with E-state index in [1.807, 2.05) is 46.4 Å². The summed E-state index contributed by atoms with van der Waals surface area (Å²) in [5.74, 6) is 0.119. The summed E-state index contributed by atoms with van der Waals surface area (Å²) in [5.41, 5.74) is 2.26. The van der Waals surface area contributed by atoms with Crippen LogP contribution >= 0.6 is 0 Å². The first-order valence-electron chi connectivity index (χ1n) is 11.7. The first-order chi connectivity index (χ1) is 16.1. The van der Waals surface area contributed by atoms with Gasteiger partial charge in [0.15, 0.2) is 0 Å². The molecule has 0 spiro atoms. The van der Waals surface area contributed by atoms with Crippen molar-refractivity contribution in [2.24, 2.45) is 5.92 Å². The van der Waals surface area contributed by atoms with E-state index in [-0.39, 0.29) is 36.1 Å². The van der Waals surface area contributed by atoms with Gasteiger partial charge in [0, 0.05) is 50.3 Å². The Morgan fingerprint density at radius 1 is 1.15 bits per heavy atom. The lowest BCUT2D eigenvalue weighted by Crippen LogP contribution is -2.67. The van der Waals surface area contributed by atoms with Gasteiger partial charge in [-0.2, -0.15) is 0 Å². The van der Waals surface area contributed by atoms with Gasteiger partial charge in [-0.25, -0.2) is 0 Å². The molecule has 5 unspecified atom stereocenters. The average molecular weight is 448 g/mol. The number of rotatable bonds is 6. The molecule has 3 aliphatic heterocycles. The normalized spacial score (nSPS) is 29.2. The molecule has 0 bridgehead atoms. The zero-order valence-corrected chi connectivity index (χ0v) is 18.7. The summed E-state index contributed by atoms with van der Waals surface area (Å²) < 4.78 is 0. The van der Waals surface area contributed by atoms with Crippen LogP contribution in [0.3, 0.4) is 0 Å². The Morgan fingerprint density at radius 3 is 2.73 bits per heavy atom. The van der Waals surface area contributed by atoms with E-state index >= 15 is 0 Å². The number of hydrogen-bond donors (Lipinski definition) is 2. The number of pyridine rings is 1.